The first-order valence-corrected chi connectivity index (χ1v) is 10.4. The monoisotopic (exact) mass is 438 g/mol. The minimum absolute atomic E-state index is 0.304. The standard InChI is InChI=1S/C20H24Cl2N4O3/c1-2-12-29-20(27)15-3-5-16(6-4-15)28-13-11-25-7-9-26(10-8-25)17-14-18(21)23-24-19(17)22/h3-6,14H,2,7-13H2,1H3. The summed E-state index contributed by atoms with van der Waals surface area (Å²) in [6.45, 7) is 7.23. The van der Waals surface area contributed by atoms with Crippen LogP contribution in [0.1, 0.15) is 23.7 Å². The molecule has 156 valence electrons. The van der Waals surface area contributed by atoms with Crippen LogP contribution in [0.4, 0.5) is 5.69 Å². The Morgan fingerprint density at radius 2 is 1.79 bits per heavy atom. The minimum atomic E-state index is -0.304. The predicted molar refractivity (Wildman–Crippen MR) is 113 cm³/mol. The summed E-state index contributed by atoms with van der Waals surface area (Å²) in [7, 11) is 0. The fourth-order valence-corrected chi connectivity index (χ4v) is 3.39. The number of benzene rings is 1. The summed E-state index contributed by atoms with van der Waals surface area (Å²) in [5, 5.41) is 8.32. The van der Waals surface area contributed by atoms with Gasteiger partial charge in [0.05, 0.1) is 17.9 Å². The molecule has 0 amide bonds. The van der Waals surface area contributed by atoms with Crippen LogP contribution >= 0.6 is 23.2 Å². The van der Waals surface area contributed by atoms with Gasteiger partial charge >= 0.3 is 5.97 Å². The number of esters is 1. The Hall–Kier alpha value is -2.09. The van der Waals surface area contributed by atoms with Crippen LogP contribution in [0.25, 0.3) is 0 Å². The van der Waals surface area contributed by atoms with Gasteiger partial charge in [-0.25, -0.2) is 4.79 Å². The van der Waals surface area contributed by atoms with Gasteiger partial charge in [0.2, 0.25) is 0 Å². The number of carbonyl (C=O) groups excluding carboxylic acids is 1. The molecule has 1 saturated heterocycles. The average molecular weight is 439 g/mol. The van der Waals surface area contributed by atoms with Crippen LogP contribution in [0, 0.1) is 0 Å². The van der Waals surface area contributed by atoms with Crippen LogP contribution in [0.2, 0.25) is 10.3 Å². The summed E-state index contributed by atoms with van der Waals surface area (Å²) in [5.74, 6) is 0.432. The van der Waals surface area contributed by atoms with Crippen molar-refractivity contribution in [1.82, 2.24) is 15.1 Å². The molecule has 9 heteroatoms. The Morgan fingerprint density at radius 3 is 2.48 bits per heavy atom. The molecule has 0 saturated carbocycles. The highest BCUT2D eigenvalue weighted by Crippen LogP contribution is 2.26. The van der Waals surface area contributed by atoms with Gasteiger partial charge in [-0.1, -0.05) is 30.1 Å². The molecule has 3 rings (SSSR count). The van der Waals surface area contributed by atoms with E-state index in [0.29, 0.717) is 29.1 Å². The zero-order valence-corrected chi connectivity index (χ0v) is 17.8. The van der Waals surface area contributed by atoms with Gasteiger partial charge in [-0.05, 0) is 30.7 Å². The average Bonchev–Trinajstić information content (AvgIpc) is 2.75. The number of aromatic nitrogens is 2. The van der Waals surface area contributed by atoms with Crippen molar-refractivity contribution in [2.75, 3.05) is 50.8 Å². The summed E-state index contributed by atoms with van der Waals surface area (Å²) in [6.07, 6.45) is 0.807. The van der Waals surface area contributed by atoms with Gasteiger partial charge in [-0.3, -0.25) is 4.90 Å². The van der Waals surface area contributed by atoms with Crippen molar-refractivity contribution in [3.8, 4) is 5.75 Å². The Balaban J connectivity index is 1.40. The molecule has 2 aromatic rings. The summed E-state index contributed by atoms with van der Waals surface area (Å²) in [5.41, 5.74) is 1.35. The number of anilines is 1. The Labute approximate surface area is 180 Å². The molecule has 0 radical (unpaired) electrons. The predicted octanol–water partition coefficient (Wildman–Crippen LogP) is 3.55. The van der Waals surface area contributed by atoms with Crippen molar-refractivity contribution >= 4 is 34.9 Å². The van der Waals surface area contributed by atoms with Crippen LogP contribution in [0.5, 0.6) is 5.75 Å². The second-order valence-electron chi connectivity index (χ2n) is 6.68. The second kappa shape index (κ2) is 10.6. The van der Waals surface area contributed by atoms with Gasteiger partial charge in [0.1, 0.15) is 12.4 Å². The van der Waals surface area contributed by atoms with Crippen molar-refractivity contribution in [2.24, 2.45) is 0 Å². The van der Waals surface area contributed by atoms with Crippen LogP contribution in [-0.4, -0.2) is 67.0 Å². The maximum atomic E-state index is 11.8. The van der Waals surface area contributed by atoms with E-state index in [1.165, 1.54) is 0 Å². The maximum Gasteiger partial charge on any atom is 0.338 e. The summed E-state index contributed by atoms with van der Waals surface area (Å²) in [4.78, 5) is 16.3. The SMILES string of the molecule is CCCOC(=O)c1ccc(OCCN2CCN(c3cc(Cl)nnc3Cl)CC2)cc1. The number of nitrogens with zero attached hydrogens (tertiary/aromatic N) is 4. The van der Waals surface area contributed by atoms with Gasteiger partial charge < -0.3 is 14.4 Å². The third-order valence-electron chi connectivity index (χ3n) is 4.62. The largest absolute Gasteiger partial charge is 0.492 e. The van der Waals surface area contributed by atoms with Crippen LogP contribution in [-0.2, 0) is 4.74 Å². The molecule has 7 nitrogen and oxygen atoms in total. The molecular weight excluding hydrogens is 415 g/mol. The lowest BCUT2D eigenvalue weighted by Gasteiger charge is -2.36. The first-order valence-electron chi connectivity index (χ1n) is 9.63. The van der Waals surface area contributed by atoms with Crippen molar-refractivity contribution in [1.29, 1.82) is 0 Å². The third-order valence-corrected chi connectivity index (χ3v) is 5.07. The Bertz CT molecular complexity index is 812. The first kappa shape index (κ1) is 21.6. The van der Waals surface area contributed by atoms with Crippen molar-refractivity contribution < 1.29 is 14.3 Å². The minimum Gasteiger partial charge on any atom is -0.492 e. The molecule has 1 fully saturated rings. The van der Waals surface area contributed by atoms with Gasteiger partial charge in [0.15, 0.2) is 10.3 Å². The maximum absolute atomic E-state index is 11.8. The van der Waals surface area contributed by atoms with E-state index in [4.69, 9.17) is 32.7 Å². The molecule has 0 atom stereocenters. The van der Waals surface area contributed by atoms with E-state index in [1.807, 2.05) is 6.92 Å². The topological polar surface area (TPSA) is 67.8 Å². The van der Waals surface area contributed by atoms with Gasteiger partial charge in [-0.2, -0.15) is 0 Å². The van der Waals surface area contributed by atoms with E-state index in [-0.39, 0.29) is 5.97 Å². The van der Waals surface area contributed by atoms with E-state index in [1.54, 1.807) is 30.3 Å². The van der Waals surface area contributed by atoms with Crippen molar-refractivity contribution in [3.63, 3.8) is 0 Å². The van der Waals surface area contributed by atoms with Gasteiger partial charge in [-0.15, -0.1) is 10.2 Å². The lowest BCUT2D eigenvalue weighted by atomic mass is 10.2. The van der Waals surface area contributed by atoms with E-state index >= 15 is 0 Å². The lowest BCUT2D eigenvalue weighted by Crippen LogP contribution is -2.47. The molecule has 0 N–H and O–H groups in total. The highest BCUT2D eigenvalue weighted by atomic mass is 35.5. The zero-order chi connectivity index (χ0) is 20.6. The fraction of sp³-hybridized carbons (Fsp3) is 0.450. The van der Waals surface area contributed by atoms with E-state index in [9.17, 15) is 4.79 Å². The van der Waals surface area contributed by atoms with E-state index < -0.39 is 0 Å². The number of carbonyl (C=O) groups is 1. The molecule has 1 aliphatic rings. The number of rotatable bonds is 8. The number of piperazine rings is 1. The molecule has 2 heterocycles. The molecule has 1 aliphatic heterocycles. The highest BCUT2D eigenvalue weighted by Gasteiger charge is 2.20. The molecule has 1 aromatic heterocycles. The fourth-order valence-electron chi connectivity index (χ4n) is 3.04. The molecule has 0 spiro atoms. The smallest absolute Gasteiger partial charge is 0.338 e. The summed E-state index contributed by atoms with van der Waals surface area (Å²) >= 11 is 12.1. The molecule has 0 unspecified atom stereocenters. The lowest BCUT2D eigenvalue weighted by molar-refractivity contribution is 0.0505. The quantitative estimate of drug-likeness (QED) is 0.583. The van der Waals surface area contributed by atoms with Gasteiger partial charge in [0, 0.05) is 38.8 Å². The third kappa shape index (κ3) is 6.19. The first-order chi connectivity index (χ1) is 14.1. The molecule has 0 bridgehead atoms. The van der Waals surface area contributed by atoms with E-state index in [2.05, 4.69) is 20.0 Å². The number of ether oxygens (including phenoxy) is 2. The summed E-state index contributed by atoms with van der Waals surface area (Å²) < 4.78 is 10.9. The Morgan fingerprint density at radius 1 is 1.07 bits per heavy atom. The number of hydrogen-bond donors (Lipinski definition) is 0. The molecule has 29 heavy (non-hydrogen) atoms. The normalized spacial score (nSPS) is 14.7. The molecular formula is C20H24Cl2N4O3. The Kier molecular flexibility index (Phi) is 7.91. The van der Waals surface area contributed by atoms with Crippen LogP contribution in [0.15, 0.2) is 30.3 Å². The van der Waals surface area contributed by atoms with Crippen LogP contribution < -0.4 is 9.64 Å². The van der Waals surface area contributed by atoms with Crippen molar-refractivity contribution in [2.45, 2.75) is 13.3 Å². The van der Waals surface area contributed by atoms with Gasteiger partial charge in [0.25, 0.3) is 0 Å². The highest BCUT2D eigenvalue weighted by molar-refractivity contribution is 6.33. The van der Waals surface area contributed by atoms with Crippen LogP contribution in [0.3, 0.4) is 0 Å². The second-order valence-corrected chi connectivity index (χ2v) is 7.43. The zero-order valence-electron chi connectivity index (χ0n) is 16.3. The number of hydrogen-bond acceptors (Lipinski definition) is 7. The molecule has 1 aromatic carbocycles. The van der Waals surface area contributed by atoms with E-state index in [0.717, 1.165) is 50.6 Å². The molecule has 0 aliphatic carbocycles. The number of halogens is 2. The van der Waals surface area contributed by atoms with Crippen molar-refractivity contribution in [3.05, 3.63) is 46.2 Å². The summed E-state index contributed by atoms with van der Waals surface area (Å²) in [6, 6.07) is 8.79.